The van der Waals surface area contributed by atoms with E-state index in [2.05, 4.69) is 39.3 Å². The summed E-state index contributed by atoms with van der Waals surface area (Å²) in [6, 6.07) is 0.579. The van der Waals surface area contributed by atoms with Crippen molar-refractivity contribution in [3.63, 3.8) is 0 Å². The Labute approximate surface area is 126 Å². The van der Waals surface area contributed by atoms with Crippen LogP contribution in [0.4, 0.5) is 5.82 Å². The number of carbonyl (C=O) groups is 1. The van der Waals surface area contributed by atoms with Crippen LogP contribution >= 0.6 is 0 Å². The van der Waals surface area contributed by atoms with Gasteiger partial charge in [-0.1, -0.05) is 0 Å². The monoisotopic (exact) mass is 291 g/mol. The standard InChI is InChI=1S/C15H25N5O/c1-4-16-14-9-17-13(8-18-14)15(21)19-7-12-5-6-20(10-12)11(2)3/h8-9,11-12H,4-7,10H2,1-3H3,(H,16,18)(H,19,21). The summed E-state index contributed by atoms with van der Waals surface area (Å²) in [7, 11) is 0. The summed E-state index contributed by atoms with van der Waals surface area (Å²) in [5.74, 6) is 1.08. The second-order valence-electron chi connectivity index (χ2n) is 5.77. The molecule has 1 aliphatic rings. The first-order chi connectivity index (χ1) is 10.1. The largest absolute Gasteiger partial charge is 0.369 e. The highest BCUT2D eigenvalue weighted by atomic mass is 16.1. The number of hydrogen-bond acceptors (Lipinski definition) is 5. The topological polar surface area (TPSA) is 70.2 Å². The van der Waals surface area contributed by atoms with E-state index in [1.165, 1.54) is 6.20 Å². The van der Waals surface area contributed by atoms with Gasteiger partial charge in [0, 0.05) is 25.7 Å². The molecule has 1 atom stereocenters. The highest BCUT2D eigenvalue weighted by Gasteiger charge is 2.24. The van der Waals surface area contributed by atoms with Crippen LogP contribution < -0.4 is 10.6 Å². The van der Waals surface area contributed by atoms with Gasteiger partial charge in [-0.05, 0) is 39.7 Å². The molecule has 1 saturated heterocycles. The van der Waals surface area contributed by atoms with Crippen LogP contribution in [0.2, 0.25) is 0 Å². The fraction of sp³-hybridized carbons (Fsp3) is 0.667. The van der Waals surface area contributed by atoms with E-state index >= 15 is 0 Å². The van der Waals surface area contributed by atoms with Crippen molar-refractivity contribution in [3.05, 3.63) is 18.1 Å². The Morgan fingerprint density at radius 1 is 1.43 bits per heavy atom. The van der Waals surface area contributed by atoms with Gasteiger partial charge in [0.15, 0.2) is 0 Å². The number of likely N-dealkylation sites (tertiary alicyclic amines) is 1. The summed E-state index contributed by atoms with van der Waals surface area (Å²) in [6.45, 7) is 10.1. The fourth-order valence-electron chi connectivity index (χ4n) is 2.54. The lowest BCUT2D eigenvalue weighted by atomic mass is 10.1. The third-order valence-corrected chi connectivity index (χ3v) is 3.84. The molecule has 6 heteroatoms. The van der Waals surface area contributed by atoms with E-state index in [0.717, 1.165) is 26.1 Å². The van der Waals surface area contributed by atoms with Crippen LogP contribution in [-0.4, -0.2) is 53.0 Å². The molecule has 2 N–H and O–H groups in total. The van der Waals surface area contributed by atoms with Crippen LogP contribution in [0.25, 0.3) is 0 Å². The number of nitrogens with zero attached hydrogens (tertiary/aromatic N) is 3. The third-order valence-electron chi connectivity index (χ3n) is 3.84. The van der Waals surface area contributed by atoms with Gasteiger partial charge < -0.3 is 15.5 Å². The van der Waals surface area contributed by atoms with Gasteiger partial charge in [-0.2, -0.15) is 0 Å². The highest BCUT2D eigenvalue weighted by molar-refractivity contribution is 5.91. The van der Waals surface area contributed by atoms with Crippen LogP contribution in [0.3, 0.4) is 0 Å². The summed E-state index contributed by atoms with van der Waals surface area (Å²) < 4.78 is 0. The number of hydrogen-bond donors (Lipinski definition) is 2. The predicted octanol–water partition coefficient (Wildman–Crippen LogP) is 1.37. The number of rotatable bonds is 6. The van der Waals surface area contributed by atoms with Crippen molar-refractivity contribution in [1.82, 2.24) is 20.2 Å². The molecule has 1 aliphatic heterocycles. The number of nitrogens with one attached hydrogen (secondary N) is 2. The van der Waals surface area contributed by atoms with Gasteiger partial charge in [0.25, 0.3) is 5.91 Å². The van der Waals surface area contributed by atoms with Crippen LogP contribution in [0, 0.1) is 5.92 Å². The van der Waals surface area contributed by atoms with E-state index in [4.69, 9.17) is 0 Å². The third kappa shape index (κ3) is 4.39. The zero-order valence-corrected chi connectivity index (χ0v) is 13.1. The molecule has 0 aromatic carbocycles. The van der Waals surface area contributed by atoms with E-state index in [9.17, 15) is 4.79 Å². The minimum Gasteiger partial charge on any atom is -0.369 e. The van der Waals surface area contributed by atoms with Crippen molar-refractivity contribution in [2.24, 2.45) is 5.92 Å². The molecule has 116 valence electrons. The lowest BCUT2D eigenvalue weighted by Crippen LogP contribution is -2.33. The van der Waals surface area contributed by atoms with Crippen molar-refractivity contribution in [2.45, 2.75) is 33.2 Å². The summed E-state index contributed by atoms with van der Waals surface area (Å²) in [5.41, 5.74) is 0.371. The summed E-state index contributed by atoms with van der Waals surface area (Å²) in [4.78, 5) is 22.8. The molecule has 6 nitrogen and oxygen atoms in total. The van der Waals surface area contributed by atoms with Crippen molar-refractivity contribution in [3.8, 4) is 0 Å². The first-order valence-electron chi connectivity index (χ1n) is 7.68. The Morgan fingerprint density at radius 3 is 2.81 bits per heavy atom. The van der Waals surface area contributed by atoms with Crippen LogP contribution in [0.1, 0.15) is 37.7 Å². The second kappa shape index (κ2) is 7.36. The molecule has 0 saturated carbocycles. The van der Waals surface area contributed by atoms with Crippen molar-refractivity contribution in [1.29, 1.82) is 0 Å². The van der Waals surface area contributed by atoms with Gasteiger partial charge in [-0.3, -0.25) is 4.79 Å². The molecule has 0 bridgehead atoms. The maximum absolute atomic E-state index is 12.0. The highest BCUT2D eigenvalue weighted by Crippen LogP contribution is 2.17. The number of aromatic nitrogens is 2. The van der Waals surface area contributed by atoms with Gasteiger partial charge in [0.2, 0.25) is 0 Å². The first kappa shape index (κ1) is 15.7. The average Bonchev–Trinajstić information content (AvgIpc) is 2.95. The summed E-state index contributed by atoms with van der Waals surface area (Å²) in [5, 5.41) is 6.02. The SMILES string of the molecule is CCNc1cnc(C(=O)NCC2CCN(C(C)C)C2)cn1. The minimum atomic E-state index is -0.145. The molecule has 1 fully saturated rings. The lowest BCUT2D eigenvalue weighted by molar-refractivity contribution is 0.0942. The predicted molar refractivity (Wildman–Crippen MR) is 83.3 cm³/mol. The summed E-state index contributed by atoms with van der Waals surface area (Å²) >= 11 is 0. The fourth-order valence-corrected chi connectivity index (χ4v) is 2.54. The molecule has 0 aliphatic carbocycles. The Hall–Kier alpha value is -1.69. The van der Waals surface area contributed by atoms with Crippen LogP contribution in [-0.2, 0) is 0 Å². The van der Waals surface area contributed by atoms with E-state index in [1.54, 1.807) is 6.20 Å². The zero-order chi connectivity index (χ0) is 15.2. The van der Waals surface area contributed by atoms with E-state index in [0.29, 0.717) is 30.0 Å². The maximum atomic E-state index is 12.0. The maximum Gasteiger partial charge on any atom is 0.271 e. The molecule has 0 radical (unpaired) electrons. The van der Waals surface area contributed by atoms with E-state index in [-0.39, 0.29) is 5.91 Å². The molecule has 2 heterocycles. The number of carbonyl (C=O) groups excluding carboxylic acids is 1. The van der Waals surface area contributed by atoms with Crippen molar-refractivity contribution >= 4 is 11.7 Å². The van der Waals surface area contributed by atoms with Gasteiger partial charge in [0.05, 0.1) is 12.4 Å². The van der Waals surface area contributed by atoms with Gasteiger partial charge in [-0.25, -0.2) is 9.97 Å². The molecule has 1 aromatic heterocycles. The number of amides is 1. The van der Waals surface area contributed by atoms with E-state index < -0.39 is 0 Å². The lowest BCUT2D eigenvalue weighted by Gasteiger charge is -2.20. The molecule has 21 heavy (non-hydrogen) atoms. The zero-order valence-electron chi connectivity index (χ0n) is 13.1. The second-order valence-corrected chi connectivity index (χ2v) is 5.77. The molecule has 1 amide bonds. The smallest absolute Gasteiger partial charge is 0.271 e. The Balaban J connectivity index is 1.79. The normalized spacial score (nSPS) is 19.0. The van der Waals surface area contributed by atoms with Crippen molar-refractivity contribution in [2.75, 3.05) is 31.5 Å². The minimum absolute atomic E-state index is 0.145. The molecule has 0 spiro atoms. The molecule has 1 unspecified atom stereocenters. The van der Waals surface area contributed by atoms with E-state index in [1.807, 2.05) is 6.92 Å². The van der Waals surface area contributed by atoms with Crippen LogP contribution in [0.5, 0.6) is 0 Å². The number of anilines is 1. The van der Waals surface area contributed by atoms with Crippen molar-refractivity contribution < 1.29 is 4.79 Å². The van der Waals surface area contributed by atoms with Gasteiger partial charge in [0.1, 0.15) is 11.5 Å². The average molecular weight is 291 g/mol. The Morgan fingerprint density at radius 2 is 2.24 bits per heavy atom. The molecular formula is C15H25N5O. The Bertz CT molecular complexity index is 460. The summed E-state index contributed by atoms with van der Waals surface area (Å²) in [6.07, 6.45) is 4.25. The van der Waals surface area contributed by atoms with Gasteiger partial charge in [-0.15, -0.1) is 0 Å². The Kier molecular flexibility index (Phi) is 5.50. The molecular weight excluding hydrogens is 266 g/mol. The molecule has 2 rings (SSSR count). The quantitative estimate of drug-likeness (QED) is 0.828. The first-order valence-corrected chi connectivity index (χ1v) is 7.68. The van der Waals surface area contributed by atoms with Crippen LogP contribution in [0.15, 0.2) is 12.4 Å². The van der Waals surface area contributed by atoms with Gasteiger partial charge >= 0.3 is 0 Å². The molecule has 1 aromatic rings.